The van der Waals surface area contributed by atoms with Crippen molar-refractivity contribution in [1.29, 1.82) is 0 Å². The van der Waals surface area contributed by atoms with Crippen LogP contribution in [0.15, 0.2) is 24.3 Å². The maximum Gasteiger partial charge on any atom is 0.204 e. The first kappa shape index (κ1) is 19.0. The Morgan fingerprint density at radius 3 is 1.94 bits per heavy atom. The minimum absolute atomic E-state index is 0. The van der Waals surface area contributed by atoms with E-state index in [2.05, 4.69) is 26.8 Å². The molecule has 0 unspecified atom stereocenters. The molecule has 1 aromatic rings. The molecule has 0 saturated heterocycles. The number of carbonyl (C=O) groups is 2. The van der Waals surface area contributed by atoms with Gasteiger partial charge in [0, 0.05) is 39.6 Å². The monoisotopic (exact) mass is 307 g/mol. The summed E-state index contributed by atoms with van der Waals surface area (Å²) in [6, 6.07) is 9.12. The van der Waals surface area contributed by atoms with Gasteiger partial charge in [0.1, 0.15) is 0 Å². The topological polar surface area (TPSA) is 34.1 Å². The van der Waals surface area contributed by atoms with E-state index in [0.717, 1.165) is 0 Å². The van der Waals surface area contributed by atoms with Crippen LogP contribution in [-0.2, 0) is 37.5 Å². The molecule has 0 atom stereocenters. The van der Waals surface area contributed by atoms with Gasteiger partial charge in [-0.3, -0.25) is 9.59 Å². The quantitative estimate of drug-likeness (QED) is 0.488. The largest absolute Gasteiger partial charge is 0.320 e. The molecule has 0 aliphatic heterocycles. The normalized spacial score (nSPS) is 8.76. The van der Waals surface area contributed by atoms with E-state index in [9.17, 15) is 9.59 Å². The minimum atomic E-state index is -0.445. The van der Waals surface area contributed by atoms with E-state index in [1.54, 1.807) is 24.3 Å². The first-order valence-electron chi connectivity index (χ1n) is 5.29. The van der Waals surface area contributed by atoms with Crippen LogP contribution in [0.5, 0.6) is 0 Å². The van der Waals surface area contributed by atoms with Crippen molar-refractivity contribution in [3.8, 4) is 0 Å². The first-order chi connectivity index (χ1) is 7.49. The molecular formula is C14H18O2Y-2. The molecular weight excluding hydrogens is 289 g/mol. The fourth-order valence-electron chi connectivity index (χ4n) is 0.742. The second kappa shape index (κ2) is 10.8. The smallest absolute Gasteiger partial charge is 0.204 e. The van der Waals surface area contributed by atoms with Crippen LogP contribution in [0.2, 0.25) is 0 Å². The molecule has 1 aromatic carbocycles. The molecule has 91 valence electrons. The van der Waals surface area contributed by atoms with Gasteiger partial charge in [0.25, 0.3) is 0 Å². The number of hydrogen-bond donors (Lipinski definition) is 0. The number of carbonyl (C=O) groups excluding carboxylic acids is 2. The third-order valence-electron chi connectivity index (χ3n) is 2.01. The maximum atomic E-state index is 11.0. The fraction of sp³-hybridized carbons (Fsp3) is 0.357. The molecule has 0 aliphatic carbocycles. The molecule has 0 bridgehead atoms. The molecule has 1 rings (SSSR count). The van der Waals surface area contributed by atoms with Crippen molar-refractivity contribution in [3.05, 3.63) is 41.8 Å². The SMILES string of the molecule is CC(=O)C(=O)c1cc[c-]cc1.CC[C-](C)C.[Y]. The molecule has 0 N–H and O–H groups in total. The minimum Gasteiger partial charge on any atom is -0.320 e. The van der Waals surface area contributed by atoms with Gasteiger partial charge in [-0.1, -0.05) is 12.5 Å². The van der Waals surface area contributed by atoms with Crippen molar-refractivity contribution < 1.29 is 42.3 Å². The molecule has 1 radical (unpaired) electrons. The summed E-state index contributed by atoms with van der Waals surface area (Å²) >= 11 is 0. The van der Waals surface area contributed by atoms with Gasteiger partial charge < -0.3 is 5.92 Å². The van der Waals surface area contributed by atoms with Crippen LogP contribution in [0.3, 0.4) is 0 Å². The van der Waals surface area contributed by atoms with Crippen LogP contribution in [0.25, 0.3) is 0 Å². The predicted molar refractivity (Wildman–Crippen MR) is 65.2 cm³/mol. The van der Waals surface area contributed by atoms with Crippen LogP contribution < -0.4 is 0 Å². The van der Waals surface area contributed by atoms with Crippen molar-refractivity contribution in [1.82, 2.24) is 0 Å². The first-order valence-corrected chi connectivity index (χ1v) is 5.29. The van der Waals surface area contributed by atoms with Crippen LogP contribution in [0, 0.1) is 12.0 Å². The third-order valence-corrected chi connectivity index (χ3v) is 2.01. The van der Waals surface area contributed by atoms with Crippen molar-refractivity contribution in [2.24, 2.45) is 0 Å². The van der Waals surface area contributed by atoms with Gasteiger partial charge in [-0.25, -0.2) is 0 Å². The summed E-state index contributed by atoms with van der Waals surface area (Å²) in [7, 11) is 0. The molecule has 17 heavy (non-hydrogen) atoms. The van der Waals surface area contributed by atoms with E-state index in [4.69, 9.17) is 0 Å². The fourth-order valence-corrected chi connectivity index (χ4v) is 0.742. The van der Waals surface area contributed by atoms with Crippen molar-refractivity contribution in [2.45, 2.75) is 34.1 Å². The molecule has 0 spiro atoms. The molecule has 0 aliphatic rings. The second-order valence-electron chi connectivity index (χ2n) is 3.73. The van der Waals surface area contributed by atoms with E-state index in [1.165, 1.54) is 19.3 Å². The van der Waals surface area contributed by atoms with E-state index in [0.29, 0.717) is 5.56 Å². The Balaban J connectivity index is 0. The Labute approximate surface area is 129 Å². The summed E-state index contributed by atoms with van der Waals surface area (Å²) < 4.78 is 0. The zero-order valence-electron chi connectivity index (χ0n) is 10.9. The average molecular weight is 307 g/mol. The summed E-state index contributed by atoms with van der Waals surface area (Å²) in [5.41, 5.74) is 0.427. The number of ketones is 2. The van der Waals surface area contributed by atoms with Crippen molar-refractivity contribution >= 4 is 11.6 Å². The van der Waals surface area contributed by atoms with Gasteiger partial charge in [0.05, 0.1) is 0 Å². The molecule has 0 amide bonds. The van der Waals surface area contributed by atoms with Crippen LogP contribution in [0.1, 0.15) is 44.5 Å². The number of rotatable bonds is 3. The Hall–Kier alpha value is -0.336. The van der Waals surface area contributed by atoms with E-state index in [1.807, 2.05) is 0 Å². The van der Waals surface area contributed by atoms with Crippen LogP contribution in [-0.4, -0.2) is 11.6 Å². The summed E-state index contributed by atoms with van der Waals surface area (Å²) in [4.78, 5) is 21.6. The molecule has 0 aromatic heterocycles. The van der Waals surface area contributed by atoms with Gasteiger partial charge in [0.15, 0.2) is 5.78 Å². The Kier molecular flexibility index (Phi) is 12.1. The molecule has 0 saturated carbocycles. The Bertz CT molecular complexity index is 331. The van der Waals surface area contributed by atoms with Crippen LogP contribution in [0.4, 0.5) is 0 Å². The number of benzene rings is 1. The Morgan fingerprint density at radius 1 is 1.24 bits per heavy atom. The Morgan fingerprint density at radius 2 is 1.65 bits per heavy atom. The molecule has 3 heteroatoms. The van der Waals surface area contributed by atoms with E-state index in [-0.39, 0.29) is 32.7 Å². The standard InChI is InChI=1S/C9H7O2.C5H11.Y/c1-7(10)9(11)8-5-3-2-4-6-8;1-4-5(2)3;/h3-6H,1H3;4H2,1-3H3;/q2*-1;. The zero-order chi connectivity index (χ0) is 12.6. The van der Waals surface area contributed by atoms with Gasteiger partial charge in [0.2, 0.25) is 5.78 Å². The maximum absolute atomic E-state index is 11.0. The van der Waals surface area contributed by atoms with E-state index < -0.39 is 11.6 Å². The molecule has 0 heterocycles. The summed E-state index contributed by atoms with van der Waals surface area (Å²) in [5, 5.41) is 0. The summed E-state index contributed by atoms with van der Waals surface area (Å²) in [5.74, 6) is 0.625. The van der Waals surface area contributed by atoms with Gasteiger partial charge in [-0.05, 0) is 0 Å². The molecule has 0 fully saturated rings. The van der Waals surface area contributed by atoms with Gasteiger partial charge in [-0.15, -0.1) is 0 Å². The van der Waals surface area contributed by atoms with E-state index >= 15 is 0 Å². The second-order valence-corrected chi connectivity index (χ2v) is 3.73. The third kappa shape index (κ3) is 9.37. The van der Waals surface area contributed by atoms with Crippen molar-refractivity contribution in [2.75, 3.05) is 0 Å². The summed E-state index contributed by atoms with van der Waals surface area (Å²) in [6.07, 6.45) is 1.22. The average Bonchev–Trinajstić information content (AvgIpc) is 2.29. The predicted octanol–water partition coefficient (Wildman–Crippen LogP) is 3.27. The summed E-state index contributed by atoms with van der Waals surface area (Å²) in [6.45, 7) is 7.70. The molecule has 2 nitrogen and oxygen atoms in total. The van der Waals surface area contributed by atoms with Crippen molar-refractivity contribution in [3.63, 3.8) is 0 Å². The van der Waals surface area contributed by atoms with Crippen LogP contribution >= 0.6 is 0 Å². The zero-order valence-corrected chi connectivity index (χ0v) is 13.7. The number of Topliss-reactive ketones (excluding diaryl/α,β-unsaturated/α-hetero) is 2. The number of hydrogen-bond acceptors (Lipinski definition) is 2. The van der Waals surface area contributed by atoms with Gasteiger partial charge >= 0.3 is 0 Å². The van der Waals surface area contributed by atoms with Gasteiger partial charge in [-0.2, -0.15) is 50.6 Å².